The molecule has 0 aliphatic rings. The second-order valence-corrected chi connectivity index (χ2v) is 4.05. The van der Waals surface area contributed by atoms with Crippen molar-refractivity contribution in [2.24, 2.45) is 11.8 Å². The first-order valence-corrected chi connectivity index (χ1v) is 4.86. The van der Waals surface area contributed by atoms with Crippen LogP contribution in [-0.2, 0) is 0 Å². The molecule has 3 heteroatoms. The van der Waals surface area contributed by atoms with E-state index in [0.717, 1.165) is 18.8 Å². The molecule has 0 rings (SSSR count). The van der Waals surface area contributed by atoms with Crippen LogP contribution < -0.4 is 0 Å². The Morgan fingerprint density at radius 2 is 1.62 bits per heavy atom. The lowest BCUT2D eigenvalue weighted by Gasteiger charge is -2.16. The van der Waals surface area contributed by atoms with Gasteiger partial charge in [-0.3, -0.25) is 0 Å². The first-order valence-electron chi connectivity index (χ1n) is 4.86. The molecule has 0 aliphatic heterocycles. The van der Waals surface area contributed by atoms with Gasteiger partial charge in [0.2, 0.25) is 0 Å². The Morgan fingerprint density at radius 1 is 1.08 bits per heavy atom. The largest absolute Gasteiger partial charge is 0.412 e. The Kier molecular flexibility index (Phi) is 10.0. The lowest BCUT2D eigenvalue weighted by Crippen LogP contribution is -2.21. The van der Waals surface area contributed by atoms with Gasteiger partial charge in [-0.05, 0) is 18.3 Å². The number of aliphatic hydroxyl groups excluding tert-OH is 2. The van der Waals surface area contributed by atoms with Gasteiger partial charge in [0.15, 0.2) is 0 Å². The lowest BCUT2D eigenvalue weighted by molar-refractivity contribution is 0.0492. The molecule has 13 heavy (non-hydrogen) atoms. The second-order valence-electron chi connectivity index (χ2n) is 4.05. The highest BCUT2D eigenvalue weighted by molar-refractivity contribution is 4.63. The van der Waals surface area contributed by atoms with E-state index < -0.39 is 6.10 Å². The molecule has 2 atom stereocenters. The van der Waals surface area contributed by atoms with Crippen molar-refractivity contribution in [2.45, 2.75) is 46.1 Å². The van der Waals surface area contributed by atoms with E-state index in [1.807, 2.05) is 6.92 Å². The maximum atomic E-state index is 9.24. The standard InChI is InChI=1S/C10H22O2.H2O/c1-8(2)5-4-6-9(3)10(12)7-11;/h8-12H,4-7H2,1-3H3;1H2. The summed E-state index contributed by atoms with van der Waals surface area (Å²) in [5.41, 5.74) is 0. The average molecular weight is 192 g/mol. The summed E-state index contributed by atoms with van der Waals surface area (Å²) in [6.07, 6.45) is 2.84. The van der Waals surface area contributed by atoms with Crippen molar-refractivity contribution >= 4 is 0 Å². The van der Waals surface area contributed by atoms with Gasteiger partial charge >= 0.3 is 0 Å². The van der Waals surface area contributed by atoms with E-state index in [1.165, 1.54) is 6.42 Å². The minimum Gasteiger partial charge on any atom is -0.412 e. The zero-order valence-electron chi connectivity index (χ0n) is 8.95. The van der Waals surface area contributed by atoms with Crippen LogP contribution in [0.4, 0.5) is 0 Å². The molecule has 0 aromatic carbocycles. The minimum atomic E-state index is -0.530. The molecule has 3 nitrogen and oxygen atoms in total. The van der Waals surface area contributed by atoms with Crippen LogP contribution in [0.1, 0.15) is 40.0 Å². The van der Waals surface area contributed by atoms with Gasteiger partial charge in [0, 0.05) is 0 Å². The third kappa shape index (κ3) is 8.22. The fourth-order valence-electron chi connectivity index (χ4n) is 1.22. The lowest BCUT2D eigenvalue weighted by atomic mass is 9.96. The summed E-state index contributed by atoms with van der Waals surface area (Å²) in [7, 11) is 0. The molecular formula is C10H24O3. The third-order valence-electron chi connectivity index (χ3n) is 2.28. The van der Waals surface area contributed by atoms with Crippen molar-refractivity contribution in [3.05, 3.63) is 0 Å². The van der Waals surface area contributed by atoms with Crippen LogP contribution in [0.2, 0.25) is 0 Å². The fourth-order valence-corrected chi connectivity index (χ4v) is 1.22. The van der Waals surface area contributed by atoms with Gasteiger partial charge in [-0.1, -0.05) is 33.6 Å². The molecule has 82 valence electrons. The SMILES string of the molecule is CC(C)CCCC(C)C(O)CO.O. The number of hydrogen-bond donors (Lipinski definition) is 2. The van der Waals surface area contributed by atoms with E-state index in [2.05, 4.69) is 13.8 Å². The highest BCUT2D eigenvalue weighted by Gasteiger charge is 2.12. The van der Waals surface area contributed by atoms with Crippen LogP contribution in [0.15, 0.2) is 0 Å². The van der Waals surface area contributed by atoms with E-state index in [9.17, 15) is 5.11 Å². The fraction of sp³-hybridized carbons (Fsp3) is 1.00. The van der Waals surface area contributed by atoms with E-state index >= 15 is 0 Å². The molecule has 0 bridgehead atoms. The van der Waals surface area contributed by atoms with Gasteiger partial charge < -0.3 is 15.7 Å². The van der Waals surface area contributed by atoms with Crippen LogP contribution in [-0.4, -0.2) is 28.4 Å². The number of hydrogen-bond acceptors (Lipinski definition) is 2. The molecule has 0 radical (unpaired) electrons. The summed E-state index contributed by atoms with van der Waals surface area (Å²) < 4.78 is 0. The summed E-state index contributed by atoms with van der Waals surface area (Å²) >= 11 is 0. The molecule has 0 heterocycles. The summed E-state index contributed by atoms with van der Waals surface area (Å²) in [6.45, 7) is 6.28. The van der Waals surface area contributed by atoms with Crippen LogP contribution in [0.5, 0.6) is 0 Å². The third-order valence-corrected chi connectivity index (χ3v) is 2.28. The van der Waals surface area contributed by atoms with Crippen LogP contribution in [0.3, 0.4) is 0 Å². The highest BCUT2D eigenvalue weighted by atomic mass is 16.3. The average Bonchev–Trinajstić information content (AvgIpc) is 2.02. The van der Waals surface area contributed by atoms with Gasteiger partial charge in [0.1, 0.15) is 0 Å². The van der Waals surface area contributed by atoms with Crippen molar-refractivity contribution in [3.8, 4) is 0 Å². The smallest absolute Gasteiger partial charge is 0.0796 e. The van der Waals surface area contributed by atoms with Gasteiger partial charge in [-0.15, -0.1) is 0 Å². The maximum Gasteiger partial charge on any atom is 0.0796 e. The number of aliphatic hydroxyl groups is 2. The Bertz CT molecular complexity index is 104. The summed E-state index contributed by atoms with van der Waals surface area (Å²) in [5, 5.41) is 17.9. The van der Waals surface area contributed by atoms with E-state index in [1.54, 1.807) is 0 Å². The van der Waals surface area contributed by atoms with E-state index in [0.29, 0.717) is 0 Å². The van der Waals surface area contributed by atoms with Crippen molar-refractivity contribution < 1.29 is 15.7 Å². The van der Waals surface area contributed by atoms with Crippen molar-refractivity contribution in [1.29, 1.82) is 0 Å². The van der Waals surface area contributed by atoms with Gasteiger partial charge in [0.25, 0.3) is 0 Å². The monoisotopic (exact) mass is 192 g/mol. The molecule has 2 unspecified atom stereocenters. The molecule has 0 aliphatic carbocycles. The minimum absolute atomic E-state index is 0. The summed E-state index contributed by atoms with van der Waals surface area (Å²) in [5.74, 6) is 0.970. The predicted molar refractivity (Wildman–Crippen MR) is 54.6 cm³/mol. The summed E-state index contributed by atoms with van der Waals surface area (Å²) in [4.78, 5) is 0. The molecule has 0 amide bonds. The van der Waals surface area contributed by atoms with E-state index in [4.69, 9.17) is 5.11 Å². The first kappa shape index (κ1) is 15.4. The normalized spacial score (nSPS) is 15.2. The molecule has 0 aromatic heterocycles. The zero-order chi connectivity index (χ0) is 9.56. The van der Waals surface area contributed by atoms with Crippen molar-refractivity contribution in [1.82, 2.24) is 0 Å². The first-order chi connectivity index (χ1) is 5.57. The topological polar surface area (TPSA) is 72.0 Å². The summed E-state index contributed by atoms with van der Waals surface area (Å²) in [6, 6.07) is 0. The second kappa shape index (κ2) is 8.48. The predicted octanol–water partition coefficient (Wildman–Crippen LogP) is 0.977. The van der Waals surface area contributed by atoms with Crippen LogP contribution in [0.25, 0.3) is 0 Å². The molecule has 0 saturated heterocycles. The van der Waals surface area contributed by atoms with Gasteiger partial charge in [-0.2, -0.15) is 0 Å². The maximum absolute atomic E-state index is 9.24. The molecule has 0 saturated carbocycles. The van der Waals surface area contributed by atoms with Gasteiger partial charge in [-0.25, -0.2) is 0 Å². The molecule has 0 fully saturated rings. The van der Waals surface area contributed by atoms with E-state index in [-0.39, 0.29) is 18.0 Å². The molecular weight excluding hydrogens is 168 g/mol. The van der Waals surface area contributed by atoms with Crippen molar-refractivity contribution in [3.63, 3.8) is 0 Å². The molecule has 0 spiro atoms. The number of rotatable bonds is 6. The van der Waals surface area contributed by atoms with Crippen molar-refractivity contribution in [2.75, 3.05) is 6.61 Å². The molecule has 0 aromatic rings. The molecule has 4 N–H and O–H groups in total. The Labute approximate surface area is 81.1 Å². The van der Waals surface area contributed by atoms with Gasteiger partial charge in [0.05, 0.1) is 12.7 Å². The Hall–Kier alpha value is -0.120. The highest BCUT2D eigenvalue weighted by Crippen LogP contribution is 2.14. The Morgan fingerprint density at radius 3 is 2.00 bits per heavy atom. The van der Waals surface area contributed by atoms with Crippen LogP contribution in [0, 0.1) is 11.8 Å². The van der Waals surface area contributed by atoms with Crippen LogP contribution >= 0.6 is 0 Å². The zero-order valence-corrected chi connectivity index (χ0v) is 8.95. The Balaban J connectivity index is 0. The quantitative estimate of drug-likeness (QED) is 0.658.